The van der Waals surface area contributed by atoms with Gasteiger partial charge in [0.1, 0.15) is 5.82 Å². The van der Waals surface area contributed by atoms with Crippen LogP contribution in [0.2, 0.25) is 0 Å². The Bertz CT molecular complexity index is 692. The van der Waals surface area contributed by atoms with Crippen LogP contribution in [0.4, 0.5) is 0 Å². The monoisotopic (exact) mass is 302 g/mol. The van der Waals surface area contributed by atoms with E-state index in [9.17, 15) is 4.79 Å². The van der Waals surface area contributed by atoms with E-state index in [0.29, 0.717) is 12.3 Å². The summed E-state index contributed by atoms with van der Waals surface area (Å²) in [6.45, 7) is 8.00. The van der Waals surface area contributed by atoms with Gasteiger partial charge in [0.15, 0.2) is 5.69 Å². The van der Waals surface area contributed by atoms with Gasteiger partial charge in [-0.15, -0.1) is 0 Å². The first-order valence-electron chi connectivity index (χ1n) is 7.67. The lowest BCUT2D eigenvalue weighted by Gasteiger charge is -2.16. The van der Waals surface area contributed by atoms with E-state index >= 15 is 0 Å². The van der Waals surface area contributed by atoms with Crippen LogP contribution in [0.5, 0.6) is 0 Å². The second-order valence-corrected chi connectivity index (χ2v) is 4.81. The molecule has 22 heavy (non-hydrogen) atoms. The molecule has 0 saturated carbocycles. The Hall–Kier alpha value is -2.24. The number of ether oxygens (including phenoxy) is 1. The Morgan fingerprint density at radius 3 is 2.77 bits per heavy atom. The van der Waals surface area contributed by atoms with Crippen LogP contribution < -0.4 is 0 Å². The van der Waals surface area contributed by atoms with Crippen LogP contribution in [0.25, 0.3) is 11.4 Å². The predicted octanol–water partition coefficient (Wildman–Crippen LogP) is 2.49. The Morgan fingerprint density at radius 1 is 1.36 bits per heavy atom. The standard InChI is InChI=1S/C14H16N4O2.C2H6/c1-4-20-14(19)12-10-6-5-9-7-15-8(2)16-11(9)13(10)18(3)17-12;1-2/h7H,4-6H2,1-3H3;1-2H3. The Labute approximate surface area is 130 Å². The molecule has 0 unspecified atom stereocenters. The van der Waals surface area contributed by atoms with Crippen molar-refractivity contribution in [2.24, 2.45) is 7.05 Å². The molecule has 2 heterocycles. The molecule has 0 amide bonds. The number of carbonyl (C=O) groups excluding carboxylic acids is 1. The first kappa shape index (κ1) is 16.1. The van der Waals surface area contributed by atoms with Gasteiger partial charge in [0.2, 0.25) is 0 Å². The molecule has 3 rings (SSSR count). The molecule has 118 valence electrons. The second-order valence-electron chi connectivity index (χ2n) is 4.81. The number of hydrogen-bond acceptors (Lipinski definition) is 5. The number of rotatable bonds is 2. The molecule has 2 aromatic heterocycles. The zero-order valence-corrected chi connectivity index (χ0v) is 13.8. The van der Waals surface area contributed by atoms with E-state index in [4.69, 9.17) is 4.74 Å². The zero-order chi connectivity index (χ0) is 16.3. The summed E-state index contributed by atoms with van der Waals surface area (Å²) >= 11 is 0. The van der Waals surface area contributed by atoms with Crippen molar-refractivity contribution in [1.82, 2.24) is 19.7 Å². The summed E-state index contributed by atoms with van der Waals surface area (Å²) < 4.78 is 6.79. The predicted molar refractivity (Wildman–Crippen MR) is 83.7 cm³/mol. The van der Waals surface area contributed by atoms with Crippen LogP contribution in [0, 0.1) is 6.92 Å². The summed E-state index contributed by atoms with van der Waals surface area (Å²) in [6, 6.07) is 0. The van der Waals surface area contributed by atoms with Crippen LogP contribution in [0.15, 0.2) is 6.20 Å². The van der Waals surface area contributed by atoms with Gasteiger partial charge >= 0.3 is 5.97 Å². The van der Waals surface area contributed by atoms with Gasteiger partial charge in [-0.05, 0) is 32.3 Å². The quantitative estimate of drug-likeness (QED) is 0.797. The number of aryl methyl sites for hydroxylation is 3. The molecule has 0 fully saturated rings. The lowest BCUT2D eigenvalue weighted by Crippen LogP contribution is -2.12. The topological polar surface area (TPSA) is 69.9 Å². The summed E-state index contributed by atoms with van der Waals surface area (Å²) in [5.74, 6) is 0.356. The van der Waals surface area contributed by atoms with Crippen molar-refractivity contribution in [3.63, 3.8) is 0 Å². The van der Waals surface area contributed by atoms with Crippen LogP contribution in [-0.4, -0.2) is 32.3 Å². The van der Waals surface area contributed by atoms with Crippen LogP contribution in [-0.2, 0) is 24.6 Å². The molecule has 1 aliphatic carbocycles. The van der Waals surface area contributed by atoms with Crippen molar-refractivity contribution in [1.29, 1.82) is 0 Å². The summed E-state index contributed by atoms with van der Waals surface area (Å²) in [4.78, 5) is 20.7. The maximum absolute atomic E-state index is 12.0. The molecule has 0 radical (unpaired) electrons. The number of carbonyl (C=O) groups is 1. The highest BCUT2D eigenvalue weighted by Crippen LogP contribution is 2.33. The number of esters is 1. The molecular weight excluding hydrogens is 280 g/mol. The molecule has 6 heteroatoms. The molecule has 6 nitrogen and oxygen atoms in total. The minimum Gasteiger partial charge on any atom is -0.461 e. The minimum absolute atomic E-state index is 0.349. The van der Waals surface area contributed by atoms with Crippen molar-refractivity contribution >= 4 is 5.97 Å². The van der Waals surface area contributed by atoms with Gasteiger partial charge in [0.25, 0.3) is 0 Å². The lowest BCUT2D eigenvalue weighted by molar-refractivity contribution is 0.0517. The highest BCUT2D eigenvalue weighted by molar-refractivity contribution is 5.91. The molecule has 0 aromatic carbocycles. The molecule has 2 aromatic rings. The molecule has 0 saturated heterocycles. The maximum atomic E-state index is 12.0. The number of hydrogen-bond donors (Lipinski definition) is 0. The van der Waals surface area contributed by atoms with Crippen molar-refractivity contribution < 1.29 is 9.53 Å². The van der Waals surface area contributed by atoms with Gasteiger partial charge in [-0.2, -0.15) is 5.10 Å². The van der Waals surface area contributed by atoms with E-state index in [1.165, 1.54) is 0 Å². The second kappa shape index (κ2) is 6.68. The number of nitrogens with zero attached hydrogens (tertiary/aromatic N) is 4. The van der Waals surface area contributed by atoms with Crippen molar-refractivity contribution in [2.45, 2.75) is 40.5 Å². The molecule has 0 bridgehead atoms. The average molecular weight is 302 g/mol. The average Bonchev–Trinajstić information content (AvgIpc) is 2.87. The largest absolute Gasteiger partial charge is 0.461 e. The van der Waals surface area contributed by atoms with E-state index in [1.54, 1.807) is 11.6 Å². The van der Waals surface area contributed by atoms with Gasteiger partial charge in [-0.3, -0.25) is 4.68 Å². The number of aromatic nitrogens is 4. The SMILES string of the molecule is CC.CCOC(=O)c1nn(C)c2c1CCc1cnc(C)nc1-2. The highest BCUT2D eigenvalue weighted by atomic mass is 16.5. The lowest BCUT2D eigenvalue weighted by atomic mass is 9.93. The van der Waals surface area contributed by atoms with Gasteiger partial charge in [0.05, 0.1) is 18.0 Å². The minimum atomic E-state index is -0.362. The van der Waals surface area contributed by atoms with E-state index in [-0.39, 0.29) is 5.97 Å². The maximum Gasteiger partial charge on any atom is 0.359 e. The van der Waals surface area contributed by atoms with Crippen LogP contribution >= 0.6 is 0 Å². The zero-order valence-electron chi connectivity index (χ0n) is 13.8. The molecule has 1 aliphatic rings. The van der Waals surface area contributed by atoms with Crippen LogP contribution in [0.3, 0.4) is 0 Å². The molecule has 0 spiro atoms. The van der Waals surface area contributed by atoms with Gasteiger partial charge < -0.3 is 4.74 Å². The highest BCUT2D eigenvalue weighted by Gasteiger charge is 2.29. The normalized spacial score (nSPS) is 11.9. The van der Waals surface area contributed by atoms with E-state index in [1.807, 2.05) is 34.0 Å². The fourth-order valence-electron chi connectivity index (χ4n) is 2.61. The first-order valence-corrected chi connectivity index (χ1v) is 7.67. The summed E-state index contributed by atoms with van der Waals surface area (Å²) in [5.41, 5.74) is 4.22. The molecule has 0 aliphatic heterocycles. The summed E-state index contributed by atoms with van der Waals surface area (Å²) in [5, 5.41) is 4.32. The third kappa shape index (κ3) is 2.73. The summed E-state index contributed by atoms with van der Waals surface area (Å²) in [6.07, 6.45) is 3.44. The fourth-order valence-corrected chi connectivity index (χ4v) is 2.61. The van der Waals surface area contributed by atoms with E-state index < -0.39 is 0 Å². The molecule has 0 N–H and O–H groups in total. The van der Waals surface area contributed by atoms with Crippen LogP contribution in [0.1, 0.15) is 48.2 Å². The van der Waals surface area contributed by atoms with Gasteiger partial charge in [-0.1, -0.05) is 13.8 Å². The van der Waals surface area contributed by atoms with E-state index in [2.05, 4.69) is 15.1 Å². The Kier molecular flexibility index (Phi) is 4.90. The summed E-state index contributed by atoms with van der Waals surface area (Å²) in [7, 11) is 1.83. The van der Waals surface area contributed by atoms with Crippen molar-refractivity contribution in [3.05, 3.63) is 28.8 Å². The van der Waals surface area contributed by atoms with Crippen molar-refractivity contribution in [2.75, 3.05) is 6.61 Å². The molecule has 0 atom stereocenters. The Morgan fingerprint density at radius 2 is 2.09 bits per heavy atom. The number of fused-ring (bicyclic) bond motifs is 3. The first-order chi connectivity index (χ1) is 10.6. The van der Waals surface area contributed by atoms with Gasteiger partial charge in [-0.25, -0.2) is 14.8 Å². The third-order valence-electron chi connectivity index (χ3n) is 3.47. The smallest absolute Gasteiger partial charge is 0.359 e. The van der Waals surface area contributed by atoms with Gasteiger partial charge in [0, 0.05) is 18.8 Å². The molecular formula is C16H22N4O2. The van der Waals surface area contributed by atoms with E-state index in [0.717, 1.165) is 41.2 Å². The fraction of sp³-hybridized carbons (Fsp3) is 0.500. The Balaban J connectivity index is 0.000000847. The third-order valence-corrected chi connectivity index (χ3v) is 3.47. The van der Waals surface area contributed by atoms with Crippen molar-refractivity contribution in [3.8, 4) is 11.4 Å².